The topological polar surface area (TPSA) is 103 Å². The van der Waals surface area contributed by atoms with E-state index in [0.717, 1.165) is 28.0 Å². The number of hydrogen-bond donors (Lipinski definition) is 2. The second-order valence-electron chi connectivity index (χ2n) is 8.50. The minimum absolute atomic E-state index is 0.0794. The summed E-state index contributed by atoms with van der Waals surface area (Å²) < 4.78 is 16.0. The molecule has 194 valence electrons. The van der Waals surface area contributed by atoms with E-state index in [1.165, 1.54) is 0 Å². The van der Waals surface area contributed by atoms with Crippen LogP contribution in [0.15, 0.2) is 48.5 Å². The highest BCUT2D eigenvalue weighted by atomic mass is 16.5. The van der Waals surface area contributed by atoms with Crippen LogP contribution in [0.5, 0.6) is 0 Å². The normalized spacial score (nSPS) is 12.7. The highest BCUT2D eigenvalue weighted by molar-refractivity contribution is 5.99. The van der Waals surface area contributed by atoms with Gasteiger partial charge in [-0.05, 0) is 41.3 Å². The summed E-state index contributed by atoms with van der Waals surface area (Å²) in [5.74, 6) is -0.249. The van der Waals surface area contributed by atoms with E-state index >= 15 is 0 Å². The molecule has 0 bridgehead atoms. The summed E-state index contributed by atoms with van der Waals surface area (Å²) in [5.41, 5.74) is 10.6. The lowest BCUT2D eigenvalue weighted by Gasteiger charge is -2.28. The fourth-order valence-corrected chi connectivity index (χ4v) is 4.02. The molecule has 0 fully saturated rings. The molecule has 36 heavy (non-hydrogen) atoms. The van der Waals surface area contributed by atoms with Crippen molar-refractivity contribution in [1.29, 1.82) is 0 Å². The SMILES string of the molecule is CC1=Cc2ccccc2N(C(=O)CCC(=O)NCCOCCOCCOCCN)Cc2ccccc21. The molecule has 0 atom stereocenters. The molecule has 0 aromatic heterocycles. The number of benzene rings is 2. The van der Waals surface area contributed by atoms with Gasteiger partial charge in [-0.2, -0.15) is 0 Å². The van der Waals surface area contributed by atoms with Crippen LogP contribution in [0, 0.1) is 0 Å². The number of ether oxygens (including phenoxy) is 3. The van der Waals surface area contributed by atoms with Crippen LogP contribution in [0.4, 0.5) is 5.69 Å². The Balaban J connectivity index is 1.42. The van der Waals surface area contributed by atoms with Crippen LogP contribution in [0.1, 0.15) is 36.5 Å². The molecule has 0 spiro atoms. The van der Waals surface area contributed by atoms with Crippen LogP contribution in [0.3, 0.4) is 0 Å². The lowest BCUT2D eigenvalue weighted by Crippen LogP contribution is -2.34. The number of rotatable bonds is 14. The Kier molecular flexibility index (Phi) is 11.6. The van der Waals surface area contributed by atoms with Gasteiger partial charge in [0.1, 0.15) is 0 Å². The molecule has 0 unspecified atom stereocenters. The quantitative estimate of drug-likeness (QED) is 0.391. The molecule has 8 nitrogen and oxygen atoms in total. The van der Waals surface area contributed by atoms with Gasteiger partial charge in [0.15, 0.2) is 0 Å². The Morgan fingerprint density at radius 2 is 1.56 bits per heavy atom. The van der Waals surface area contributed by atoms with Crippen LogP contribution in [0.2, 0.25) is 0 Å². The van der Waals surface area contributed by atoms with E-state index in [2.05, 4.69) is 24.4 Å². The number of fused-ring (bicyclic) bond motifs is 2. The summed E-state index contributed by atoms with van der Waals surface area (Å²) >= 11 is 0. The summed E-state index contributed by atoms with van der Waals surface area (Å²) in [7, 11) is 0. The van der Waals surface area contributed by atoms with Crippen molar-refractivity contribution in [3.05, 3.63) is 65.2 Å². The summed E-state index contributed by atoms with van der Waals surface area (Å²) in [6, 6.07) is 16.0. The monoisotopic (exact) mass is 495 g/mol. The van der Waals surface area contributed by atoms with Crippen LogP contribution in [-0.2, 0) is 30.3 Å². The molecule has 1 heterocycles. The molecule has 8 heteroatoms. The Morgan fingerprint density at radius 1 is 0.889 bits per heavy atom. The molecule has 0 radical (unpaired) electrons. The fraction of sp³-hybridized carbons (Fsp3) is 0.429. The number of nitrogens with one attached hydrogen (secondary N) is 1. The number of anilines is 1. The standard InChI is InChI=1S/C28H37N3O5/c1-22-20-23-6-3-5-9-26(23)31(21-24-7-2-4-8-25(22)24)28(33)11-10-27(32)30-13-15-35-17-19-36-18-16-34-14-12-29/h2-9,20H,10-19,21,29H2,1H3,(H,30,32). The van der Waals surface area contributed by atoms with Crippen molar-refractivity contribution in [2.45, 2.75) is 26.3 Å². The van der Waals surface area contributed by atoms with Gasteiger partial charge >= 0.3 is 0 Å². The van der Waals surface area contributed by atoms with Gasteiger partial charge in [0.05, 0.1) is 51.9 Å². The number of para-hydroxylation sites is 1. The minimum Gasteiger partial charge on any atom is -0.378 e. The molecule has 1 aliphatic heterocycles. The molecule has 0 saturated heterocycles. The van der Waals surface area contributed by atoms with Gasteiger partial charge in [0.2, 0.25) is 11.8 Å². The first kappa shape index (κ1) is 27.5. The summed E-state index contributed by atoms with van der Waals surface area (Å²) in [6.07, 6.45) is 2.37. The van der Waals surface area contributed by atoms with Gasteiger partial charge in [-0.3, -0.25) is 9.59 Å². The molecular weight excluding hydrogens is 458 g/mol. The van der Waals surface area contributed by atoms with Gasteiger partial charge in [0, 0.05) is 25.9 Å². The second kappa shape index (κ2) is 15.2. The van der Waals surface area contributed by atoms with Gasteiger partial charge in [0.25, 0.3) is 0 Å². The van der Waals surface area contributed by atoms with Crippen molar-refractivity contribution in [2.24, 2.45) is 5.73 Å². The number of allylic oxidation sites excluding steroid dienone is 1. The van der Waals surface area contributed by atoms with Crippen molar-refractivity contribution in [3.63, 3.8) is 0 Å². The zero-order valence-corrected chi connectivity index (χ0v) is 21.0. The van der Waals surface area contributed by atoms with Crippen molar-refractivity contribution in [2.75, 3.05) is 57.6 Å². The molecule has 2 amide bonds. The smallest absolute Gasteiger partial charge is 0.227 e. The number of carbonyl (C=O) groups is 2. The Bertz CT molecular complexity index is 1020. The first-order valence-corrected chi connectivity index (χ1v) is 12.5. The zero-order valence-electron chi connectivity index (χ0n) is 21.0. The Labute approximate surface area is 213 Å². The van der Waals surface area contributed by atoms with E-state index in [4.69, 9.17) is 19.9 Å². The van der Waals surface area contributed by atoms with Crippen LogP contribution >= 0.6 is 0 Å². The molecule has 3 N–H and O–H groups in total. The fourth-order valence-electron chi connectivity index (χ4n) is 4.02. The average molecular weight is 496 g/mol. The minimum atomic E-state index is -0.170. The first-order chi connectivity index (χ1) is 17.6. The van der Waals surface area contributed by atoms with Gasteiger partial charge in [-0.25, -0.2) is 0 Å². The van der Waals surface area contributed by atoms with Crippen LogP contribution in [-0.4, -0.2) is 64.5 Å². The molecular formula is C28H37N3O5. The third-order valence-electron chi connectivity index (χ3n) is 5.81. The molecule has 2 aromatic carbocycles. The van der Waals surface area contributed by atoms with Gasteiger partial charge in [-0.15, -0.1) is 0 Å². The van der Waals surface area contributed by atoms with Gasteiger partial charge < -0.3 is 30.2 Å². The van der Waals surface area contributed by atoms with E-state index < -0.39 is 0 Å². The van der Waals surface area contributed by atoms with Crippen LogP contribution in [0.25, 0.3) is 11.6 Å². The van der Waals surface area contributed by atoms with E-state index in [9.17, 15) is 9.59 Å². The van der Waals surface area contributed by atoms with Crippen LogP contribution < -0.4 is 16.0 Å². The highest BCUT2D eigenvalue weighted by Gasteiger charge is 2.22. The van der Waals surface area contributed by atoms with E-state index in [0.29, 0.717) is 59.3 Å². The number of carbonyl (C=O) groups excluding carboxylic acids is 2. The maximum Gasteiger partial charge on any atom is 0.227 e. The lowest BCUT2D eigenvalue weighted by atomic mass is 9.95. The van der Waals surface area contributed by atoms with Gasteiger partial charge in [-0.1, -0.05) is 42.5 Å². The molecule has 0 aliphatic carbocycles. The second-order valence-corrected chi connectivity index (χ2v) is 8.50. The van der Waals surface area contributed by atoms with Crippen molar-refractivity contribution >= 4 is 29.2 Å². The van der Waals surface area contributed by atoms with Crippen molar-refractivity contribution in [3.8, 4) is 0 Å². The van der Waals surface area contributed by atoms with Crippen molar-refractivity contribution < 1.29 is 23.8 Å². The molecule has 3 rings (SSSR count). The number of nitrogens with two attached hydrogens (primary N) is 1. The largest absolute Gasteiger partial charge is 0.378 e. The summed E-state index contributed by atoms with van der Waals surface area (Å²) in [6.45, 7) is 6.27. The Hall–Kier alpha value is -3.04. The predicted octanol–water partition coefficient (Wildman–Crippen LogP) is 3.00. The maximum absolute atomic E-state index is 13.3. The third-order valence-corrected chi connectivity index (χ3v) is 5.81. The molecule has 1 aliphatic rings. The third kappa shape index (κ3) is 8.57. The highest BCUT2D eigenvalue weighted by Crippen LogP contribution is 2.32. The van der Waals surface area contributed by atoms with Crippen molar-refractivity contribution in [1.82, 2.24) is 5.32 Å². The number of hydrogen-bond acceptors (Lipinski definition) is 6. The Morgan fingerprint density at radius 3 is 2.33 bits per heavy atom. The number of nitrogens with zero attached hydrogens (tertiary/aromatic N) is 1. The first-order valence-electron chi connectivity index (χ1n) is 12.5. The summed E-state index contributed by atoms with van der Waals surface area (Å²) in [5, 5.41) is 2.81. The van der Waals surface area contributed by atoms with E-state index in [1.807, 2.05) is 42.5 Å². The number of amides is 2. The summed E-state index contributed by atoms with van der Waals surface area (Å²) in [4.78, 5) is 27.3. The maximum atomic E-state index is 13.3. The zero-order chi connectivity index (χ0) is 25.6. The van der Waals surface area contributed by atoms with E-state index in [1.54, 1.807) is 4.90 Å². The average Bonchev–Trinajstić information content (AvgIpc) is 2.88. The molecule has 2 aromatic rings. The lowest BCUT2D eigenvalue weighted by molar-refractivity contribution is -0.125. The van der Waals surface area contributed by atoms with E-state index in [-0.39, 0.29) is 24.7 Å². The molecule has 0 saturated carbocycles. The predicted molar refractivity (Wildman–Crippen MR) is 141 cm³/mol.